The Morgan fingerprint density at radius 3 is 2.88 bits per heavy atom. The van der Waals surface area contributed by atoms with Gasteiger partial charge in [0, 0.05) is 35.0 Å². The molecule has 1 aromatic carbocycles. The summed E-state index contributed by atoms with van der Waals surface area (Å²) < 4.78 is 5.70. The summed E-state index contributed by atoms with van der Waals surface area (Å²) in [5, 5.41) is 3.03. The second-order valence-corrected chi connectivity index (χ2v) is 8.22. The number of amides is 1. The Bertz CT molecular complexity index is 949. The molecule has 0 N–H and O–H groups in total. The van der Waals surface area contributed by atoms with Crippen LogP contribution in [0.15, 0.2) is 57.1 Å². The predicted molar refractivity (Wildman–Crippen MR) is 103 cm³/mol. The second kappa shape index (κ2) is 7.06. The first kappa shape index (κ1) is 16.4. The maximum atomic E-state index is 12.8. The summed E-state index contributed by atoms with van der Waals surface area (Å²) in [6.07, 6.45) is 0.911. The topological polar surface area (TPSA) is 50.5 Å². The molecule has 1 atom stereocenters. The van der Waals surface area contributed by atoms with E-state index in [4.69, 9.17) is 4.42 Å². The van der Waals surface area contributed by atoms with Crippen LogP contribution in [0, 0.1) is 0 Å². The number of benzene rings is 1. The molecule has 1 aliphatic rings. The zero-order valence-corrected chi connectivity index (χ0v) is 15.1. The van der Waals surface area contributed by atoms with Gasteiger partial charge in [-0.15, -0.1) is 11.3 Å². The average molecular weight is 371 g/mol. The van der Waals surface area contributed by atoms with E-state index in [9.17, 15) is 9.59 Å². The van der Waals surface area contributed by atoms with Crippen LogP contribution in [0.1, 0.15) is 27.1 Å². The molecule has 4 nitrogen and oxygen atoms in total. The number of rotatable bonds is 2. The first-order valence-corrected chi connectivity index (χ1v) is 10.1. The van der Waals surface area contributed by atoms with Gasteiger partial charge < -0.3 is 9.32 Å². The number of thioether (sulfide) groups is 1. The summed E-state index contributed by atoms with van der Waals surface area (Å²) in [6.45, 7) is 1.34. The molecule has 0 spiro atoms. The van der Waals surface area contributed by atoms with Gasteiger partial charge >= 0.3 is 0 Å². The Kier molecular flexibility index (Phi) is 4.63. The number of fused-ring (bicyclic) bond motifs is 1. The van der Waals surface area contributed by atoms with Gasteiger partial charge in [0.2, 0.25) is 0 Å². The number of carbonyl (C=O) groups is 1. The zero-order valence-electron chi connectivity index (χ0n) is 13.5. The van der Waals surface area contributed by atoms with Crippen molar-refractivity contribution >= 4 is 40.0 Å². The van der Waals surface area contributed by atoms with Crippen molar-refractivity contribution in [3.05, 3.63) is 68.7 Å². The molecule has 1 saturated heterocycles. The molecule has 6 heteroatoms. The number of thiophene rings is 1. The highest BCUT2D eigenvalue weighted by atomic mass is 32.2. The highest BCUT2D eigenvalue weighted by Crippen LogP contribution is 2.36. The molecule has 0 bridgehead atoms. The van der Waals surface area contributed by atoms with E-state index in [-0.39, 0.29) is 17.1 Å². The van der Waals surface area contributed by atoms with Crippen molar-refractivity contribution < 1.29 is 9.21 Å². The van der Waals surface area contributed by atoms with Crippen LogP contribution in [0.25, 0.3) is 11.0 Å². The minimum atomic E-state index is -0.199. The van der Waals surface area contributed by atoms with Gasteiger partial charge in [-0.05, 0) is 30.0 Å². The molecule has 0 unspecified atom stereocenters. The third kappa shape index (κ3) is 3.37. The molecular weight excluding hydrogens is 354 g/mol. The van der Waals surface area contributed by atoms with Crippen LogP contribution < -0.4 is 5.43 Å². The number of hydrogen-bond donors (Lipinski definition) is 0. The molecule has 0 aliphatic carbocycles. The summed E-state index contributed by atoms with van der Waals surface area (Å²) >= 11 is 3.65. The summed E-state index contributed by atoms with van der Waals surface area (Å²) in [6, 6.07) is 12.6. The van der Waals surface area contributed by atoms with E-state index in [1.165, 1.54) is 10.9 Å². The smallest absolute Gasteiger partial charge is 0.289 e. The molecule has 3 aromatic rings. The second-order valence-electron chi connectivity index (χ2n) is 5.93. The number of hydrogen-bond acceptors (Lipinski definition) is 5. The lowest BCUT2D eigenvalue weighted by Crippen LogP contribution is -2.33. The van der Waals surface area contributed by atoms with Crippen LogP contribution in [-0.2, 0) is 0 Å². The minimum absolute atomic E-state index is 0.128. The van der Waals surface area contributed by atoms with Crippen LogP contribution in [0.3, 0.4) is 0 Å². The number of para-hydroxylation sites is 1. The number of carbonyl (C=O) groups excluding carboxylic acids is 1. The highest BCUT2D eigenvalue weighted by Gasteiger charge is 2.25. The molecular formula is C19H17NO3S2. The summed E-state index contributed by atoms with van der Waals surface area (Å²) in [5.74, 6) is 0.810. The molecule has 0 radical (unpaired) electrons. The van der Waals surface area contributed by atoms with Gasteiger partial charge in [-0.25, -0.2) is 0 Å². The van der Waals surface area contributed by atoms with Crippen LogP contribution >= 0.6 is 23.1 Å². The minimum Gasteiger partial charge on any atom is -0.451 e. The fourth-order valence-electron chi connectivity index (χ4n) is 3.04. The maximum absolute atomic E-state index is 12.8. The van der Waals surface area contributed by atoms with E-state index in [1.54, 1.807) is 40.5 Å². The van der Waals surface area contributed by atoms with E-state index < -0.39 is 0 Å². The van der Waals surface area contributed by atoms with Crippen LogP contribution in [0.4, 0.5) is 0 Å². The Balaban J connectivity index is 1.56. The fraction of sp³-hybridized carbons (Fsp3) is 0.263. The first-order chi connectivity index (χ1) is 12.2. The van der Waals surface area contributed by atoms with Gasteiger partial charge in [-0.3, -0.25) is 9.59 Å². The van der Waals surface area contributed by atoms with E-state index in [0.29, 0.717) is 29.3 Å². The Labute approximate surface area is 153 Å². The zero-order chi connectivity index (χ0) is 17.2. The molecule has 2 aromatic heterocycles. The first-order valence-electron chi connectivity index (χ1n) is 8.19. The molecule has 128 valence electrons. The van der Waals surface area contributed by atoms with Crippen molar-refractivity contribution in [3.63, 3.8) is 0 Å². The molecule has 1 amide bonds. The van der Waals surface area contributed by atoms with Crippen molar-refractivity contribution in [1.82, 2.24) is 4.90 Å². The van der Waals surface area contributed by atoms with Crippen LogP contribution in [0.2, 0.25) is 0 Å². The van der Waals surface area contributed by atoms with Crippen molar-refractivity contribution in [2.45, 2.75) is 11.7 Å². The summed E-state index contributed by atoms with van der Waals surface area (Å²) in [5.41, 5.74) is 0.282. The highest BCUT2D eigenvalue weighted by molar-refractivity contribution is 7.99. The van der Waals surface area contributed by atoms with Gasteiger partial charge in [0.25, 0.3) is 5.91 Å². The van der Waals surface area contributed by atoms with E-state index in [0.717, 1.165) is 12.2 Å². The van der Waals surface area contributed by atoms with Crippen LogP contribution in [0.5, 0.6) is 0 Å². The largest absolute Gasteiger partial charge is 0.451 e. The van der Waals surface area contributed by atoms with E-state index in [1.807, 2.05) is 11.8 Å². The molecule has 25 heavy (non-hydrogen) atoms. The SMILES string of the molecule is O=C(c1cc(=O)c2ccccc2o1)N1CCS[C@H](c2cccs2)CC1. The van der Waals surface area contributed by atoms with Crippen molar-refractivity contribution in [2.24, 2.45) is 0 Å². The van der Waals surface area contributed by atoms with Gasteiger partial charge in [0.1, 0.15) is 5.58 Å². The van der Waals surface area contributed by atoms with E-state index in [2.05, 4.69) is 17.5 Å². The average Bonchev–Trinajstić information content (AvgIpc) is 3.06. The van der Waals surface area contributed by atoms with Gasteiger partial charge in [0.15, 0.2) is 11.2 Å². The van der Waals surface area contributed by atoms with Crippen molar-refractivity contribution in [3.8, 4) is 0 Å². The Hall–Kier alpha value is -2.05. The Morgan fingerprint density at radius 2 is 2.04 bits per heavy atom. The predicted octanol–water partition coefficient (Wildman–Crippen LogP) is 4.17. The lowest BCUT2D eigenvalue weighted by molar-refractivity contribution is 0.0735. The maximum Gasteiger partial charge on any atom is 0.289 e. The lowest BCUT2D eigenvalue weighted by atomic mass is 10.2. The van der Waals surface area contributed by atoms with Crippen molar-refractivity contribution in [2.75, 3.05) is 18.8 Å². The third-order valence-electron chi connectivity index (χ3n) is 4.33. The van der Waals surface area contributed by atoms with Gasteiger partial charge in [0.05, 0.1) is 5.39 Å². The molecule has 1 fully saturated rings. The molecule has 4 rings (SSSR count). The Morgan fingerprint density at radius 1 is 1.16 bits per heavy atom. The quantitative estimate of drug-likeness (QED) is 0.678. The standard InChI is InChI=1S/C19H17NO3S2/c21-14-12-16(23-15-5-2-1-4-13(14)15)19(22)20-8-7-18(25-11-9-20)17-6-3-10-24-17/h1-6,10,12,18H,7-9,11H2/t18-/m0/s1. The fourth-order valence-corrected chi connectivity index (χ4v) is 5.28. The van der Waals surface area contributed by atoms with Crippen LogP contribution in [-0.4, -0.2) is 29.6 Å². The third-order valence-corrected chi connectivity index (χ3v) is 6.78. The number of nitrogens with zero attached hydrogens (tertiary/aromatic N) is 1. The molecule has 3 heterocycles. The normalized spacial score (nSPS) is 18.2. The summed E-state index contributed by atoms with van der Waals surface area (Å²) in [7, 11) is 0. The molecule has 0 saturated carbocycles. The lowest BCUT2D eigenvalue weighted by Gasteiger charge is -2.19. The van der Waals surface area contributed by atoms with Gasteiger partial charge in [-0.2, -0.15) is 11.8 Å². The monoisotopic (exact) mass is 371 g/mol. The van der Waals surface area contributed by atoms with Gasteiger partial charge in [-0.1, -0.05) is 18.2 Å². The van der Waals surface area contributed by atoms with E-state index >= 15 is 0 Å². The van der Waals surface area contributed by atoms with Crippen molar-refractivity contribution in [1.29, 1.82) is 0 Å². The molecule has 1 aliphatic heterocycles. The summed E-state index contributed by atoms with van der Waals surface area (Å²) in [4.78, 5) is 28.2.